The van der Waals surface area contributed by atoms with Gasteiger partial charge >= 0.3 is 5.97 Å². The van der Waals surface area contributed by atoms with Gasteiger partial charge in [-0.25, -0.2) is 8.78 Å². The molecule has 1 aliphatic rings. The predicted molar refractivity (Wildman–Crippen MR) is 75.8 cm³/mol. The highest BCUT2D eigenvalue weighted by Gasteiger charge is 2.40. The van der Waals surface area contributed by atoms with E-state index in [2.05, 4.69) is 0 Å². The van der Waals surface area contributed by atoms with Gasteiger partial charge in [-0.2, -0.15) is 0 Å². The Morgan fingerprint density at radius 1 is 1.33 bits per heavy atom. The van der Waals surface area contributed by atoms with Gasteiger partial charge < -0.3 is 4.74 Å². The van der Waals surface area contributed by atoms with Crippen LogP contribution in [0.1, 0.15) is 38.7 Å². The van der Waals surface area contributed by atoms with Gasteiger partial charge in [-0.05, 0) is 58.0 Å². The maximum atomic E-state index is 14.2. The standard InChI is InChI=1S/C16H21F2NO2/c1-3-21-15(20)11-16(2,19-8-4-5-9-19)13-10-12(17)6-7-14(13)18/h6-7,10H,3-5,8-9,11H2,1-2H3. The van der Waals surface area contributed by atoms with Crippen molar-refractivity contribution in [1.29, 1.82) is 0 Å². The first-order chi connectivity index (χ1) is 9.97. The maximum Gasteiger partial charge on any atom is 0.308 e. The van der Waals surface area contributed by atoms with E-state index in [0.29, 0.717) is 0 Å². The second-order valence-corrected chi connectivity index (χ2v) is 5.57. The van der Waals surface area contributed by atoms with Crippen molar-refractivity contribution >= 4 is 5.97 Å². The molecule has 0 spiro atoms. The summed E-state index contributed by atoms with van der Waals surface area (Å²) in [5.41, 5.74) is -0.660. The van der Waals surface area contributed by atoms with E-state index in [4.69, 9.17) is 4.74 Å². The van der Waals surface area contributed by atoms with E-state index >= 15 is 0 Å². The van der Waals surface area contributed by atoms with Crippen LogP contribution in [0.2, 0.25) is 0 Å². The summed E-state index contributed by atoms with van der Waals surface area (Å²) in [6.45, 7) is 5.33. The summed E-state index contributed by atoms with van der Waals surface area (Å²) < 4.78 is 32.8. The highest BCUT2D eigenvalue weighted by Crippen LogP contribution is 2.36. The lowest BCUT2D eigenvalue weighted by atomic mass is 9.86. The normalized spacial score (nSPS) is 18.5. The summed E-state index contributed by atoms with van der Waals surface area (Å²) in [5, 5.41) is 0. The molecular weight excluding hydrogens is 276 g/mol. The number of esters is 1. The third-order valence-electron chi connectivity index (χ3n) is 4.11. The molecule has 1 saturated heterocycles. The number of hydrogen-bond acceptors (Lipinski definition) is 3. The first kappa shape index (κ1) is 15.9. The summed E-state index contributed by atoms with van der Waals surface area (Å²) in [6, 6.07) is 3.39. The Kier molecular flexibility index (Phi) is 4.93. The molecular formula is C16H21F2NO2. The van der Waals surface area contributed by atoms with Crippen LogP contribution < -0.4 is 0 Å². The van der Waals surface area contributed by atoms with Gasteiger partial charge in [-0.15, -0.1) is 0 Å². The van der Waals surface area contributed by atoms with Gasteiger partial charge in [0.2, 0.25) is 0 Å². The van der Waals surface area contributed by atoms with Gasteiger partial charge in [-0.1, -0.05) is 0 Å². The van der Waals surface area contributed by atoms with E-state index in [1.165, 1.54) is 6.07 Å². The van der Waals surface area contributed by atoms with Crippen LogP contribution >= 0.6 is 0 Å². The first-order valence-electron chi connectivity index (χ1n) is 7.33. The minimum Gasteiger partial charge on any atom is -0.466 e. The zero-order valence-corrected chi connectivity index (χ0v) is 12.5. The SMILES string of the molecule is CCOC(=O)CC(C)(c1cc(F)ccc1F)N1CCCC1. The van der Waals surface area contributed by atoms with Crippen LogP contribution in [0.15, 0.2) is 18.2 Å². The van der Waals surface area contributed by atoms with Crippen molar-refractivity contribution in [1.82, 2.24) is 4.90 Å². The number of ether oxygens (including phenoxy) is 1. The topological polar surface area (TPSA) is 29.5 Å². The van der Waals surface area contributed by atoms with Crippen LogP contribution in [-0.2, 0) is 15.1 Å². The Morgan fingerprint density at radius 3 is 2.62 bits per heavy atom. The molecule has 116 valence electrons. The second kappa shape index (κ2) is 6.52. The predicted octanol–water partition coefficient (Wildman–Crippen LogP) is 3.23. The summed E-state index contributed by atoms with van der Waals surface area (Å²) in [4.78, 5) is 14.0. The average Bonchev–Trinajstić information content (AvgIpc) is 2.96. The van der Waals surface area contributed by atoms with Gasteiger partial charge in [0.15, 0.2) is 0 Å². The lowest BCUT2D eigenvalue weighted by Crippen LogP contribution is -2.44. The molecule has 1 atom stereocenters. The lowest BCUT2D eigenvalue weighted by Gasteiger charge is -2.38. The first-order valence-corrected chi connectivity index (χ1v) is 7.33. The fourth-order valence-electron chi connectivity index (χ4n) is 2.99. The van der Waals surface area contributed by atoms with E-state index in [0.717, 1.165) is 38.1 Å². The molecule has 2 rings (SSSR count). The Morgan fingerprint density at radius 2 is 2.00 bits per heavy atom. The smallest absolute Gasteiger partial charge is 0.308 e. The molecule has 1 aromatic carbocycles. The molecule has 0 bridgehead atoms. The van der Waals surface area contributed by atoms with E-state index in [-0.39, 0.29) is 18.6 Å². The van der Waals surface area contributed by atoms with Crippen molar-refractivity contribution in [2.24, 2.45) is 0 Å². The number of halogens is 2. The molecule has 1 fully saturated rings. The third kappa shape index (κ3) is 3.40. The molecule has 0 amide bonds. The van der Waals surface area contributed by atoms with Crippen molar-refractivity contribution in [3.8, 4) is 0 Å². The van der Waals surface area contributed by atoms with E-state index in [1.807, 2.05) is 4.90 Å². The van der Waals surface area contributed by atoms with Crippen LogP contribution in [0.5, 0.6) is 0 Å². The van der Waals surface area contributed by atoms with Crippen LogP contribution in [-0.4, -0.2) is 30.6 Å². The average molecular weight is 297 g/mol. The zero-order valence-electron chi connectivity index (χ0n) is 12.5. The molecule has 0 N–H and O–H groups in total. The molecule has 21 heavy (non-hydrogen) atoms. The van der Waals surface area contributed by atoms with Crippen molar-refractivity contribution < 1.29 is 18.3 Å². The Labute approximate surface area is 123 Å². The lowest BCUT2D eigenvalue weighted by molar-refractivity contribution is -0.146. The summed E-state index contributed by atoms with van der Waals surface area (Å²) in [6.07, 6.45) is 2.01. The molecule has 1 heterocycles. The van der Waals surface area contributed by atoms with Crippen molar-refractivity contribution in [2.75, 3.05) is 19.7 Å². The van der Waals surface area contributed by atoms with Gasteiger partial charge in [0, 0.05) is 5.56 Å². The monoisotopic (exact) mass is 297 g/mol. The number of hydrogen-bond donors (Lipinski definition) is 0. The molecule has 5 heteroatoms. The van der Waals surface area contributed by atoms with Crippen LogP contribution in [0.4, 0.5) is 8.78 Å². The van der Waals surface area contributed by atoms with Gasteiger partial charge in [0.05, 0.1) is 18.6 Å². The number of benzene rings is 1. The molecule has 1 aromatic rings. The zero-order chi connectivity index (χ0) is 15.5. The van der Waals surface area contributed by atoms with Crippen LogP contribution in [0.3, 0.4) is 0 Å². The molecule has 0 radical (unpaired) electrons. The van der Waals surface area contributed by atoms with E-state index in [1.54, 1.807) is 13.8 Å². The second-order valence-electron chi connectivity index (χ2n) is 5.57. The quantitative estimate of drug-likeness (QED) is 0.782. The number of rotatable bonds is 5. The highest BCUT2D eigenvalue weighted by molar-refractivity contribution is 5.71. The molecule has 0 saturated carbocycles. The van der Waals surface area contributed by atoms with E-state index in [9.17, 15) is 13.6 Å². The Balaban J connectivity index is 2.39. The number of carbonyl (C=O) groups excluding carboxylic acids is 1. The molecule has 0 aromatic heterocycles. The van der Waals surface area contributed by atoms with Gasteiger partial charge in [-0.3, -0.25) is 9.69 Å². The van der Waals surface area contributed by atoms with Crippen LogP contribution in [0, 0.1) is 11.6 Å². The van der Waals surface area contributed by atoms with E-state index < -0.39 is 23.1 Å². The van der Waals surface area contributed by atoms with Crippen molar-refractivity contribution in [3.63, 3.8) is 0 Å². The fourth-order valence-corrected chi connectivity index (χ4v) is 2.99. The minimum absolute atomic E-state index is 0.0151. The number of carbonyl (C=O) groups is 1. The van der Waals surface area contributed by atoms with Crippen molar-refractivity contribution in [3.05, 3.63) is 35.4 Å². The molecule has 3 nitrogen and oxygen atoms in total. The highest BCUT2D eigenvalue weighted by atomic mass is 19.1. The maximum absolute atomic E-state index is 14.2. The van der Waals surface area contributed by atoms with Gasteiger partial charge in [0.25, 0.3) is 0 Å². The molecule has 1 unspecified atom stereocenters. The molecule has 1 aliphatic heterocycles. The largest absolute Gasteiger partial charge is 0.466 e. The summed E-state index contributed by atoms with van der Waals surface area (Å²) in [5.74, 6) is -1.38. The Hall–Kier alpha value is -1.49. The fraction of sp³-hybridized carbons (Fsp3) is 0.562. The molecule has 0 aliphatic carbocycles. The summed E-state index contributed by atoms with van der Waals surface area (Å²) >= 11 is 0. The van der Waals surface area contributed by atoms with Crippen molar-refractivity contribution in [2.45, 2.75) is 38.6 Å². The summed E-state index contributed by atoms with van der Waals surface area (Å²) in [7, 11) is 0. The number of likely N-dealkylation sites (tertiary alicyclic amines) is 1. The Bertz CT molecular complexity index is 515. The van der Waals surface area contributed by atoms with Crippen LogP contribution in [0.25, 0.3) is 0 Å². The number of nitrogens with zero attached hydrogens (tertiary/aromatic N) is 1. The third-order valence-corrected chi connectivity index (χ3v) is 4.11. The minimum atomic E-state index is -0.880. The van der Waals surface area contributed by atoms with Gasteiger partial charge in [0.1, 0.15) is 11.6 Å².